The number of nitrogens with zero attached hydrogens (tertiary/aromatic N) is 3. The summed E-state index contributed by atoms with van der Waals surface area (Å²) in [5.74, 6) is -0.480. The second kappa shape index (κ2) is 11.4. The molecular formula is C30H34N4O3. The van der Waals surface area contributed by atoms with E-state index in [1.807, 2.05) is 80.6 Å². The van der Waals surface area contributed by atoms with Crippen LogP contribution in [0.25, 0.3) is 16.9 Å². The summed E-state index contributed by atoms with van der Waals surface area (Å²) in [7, 11) is 2.07. The molecule has 0 saturated carbocycles. The van der Waals surface area contributed by atoms with E-state index < -0.39 is 0 Å². The standard InChI is InChI=1S/C30H34N4O3/c1-20(2)29(35)31-25-14-11-23(12-15-25)28-26(19-33(5)17-22-9-7-6-8-10-22)34-18-24(13-16-27(34)32-28)30(36)37-21(3)4/h6-16,18,20-21H,17,19H2,1-5H3,(H,31,35). The van der Waals surface area contributed by atoms with Gasteiger partial charge in [0.1, 0.15) is 5.65 Å². The van der Waals surface area contributed by atoms with Crippen LogP contribution in [-0.2, 0) is 22.6 Å². The predicted molar refractivity (Wildman–Crippen MR) is 146 cm³/mol. The lowest BCUT2D eigenvalue weighted by Gasteiger charge is -2.18. The Labute approximate surface area is 218 Å². The highest BCUT2D eigenvalue weighted by Crippen LogP contribution is 2.28. The second-order valence-electron chi connectivity index (χ2n) is 9.89. The van der Waals surface area contributed by atoms with E-state index in [0.29, 0.717) is 12.1 Å². The van der Waals surface area contributed by atoms with Crippen LogP contribution in [0.1, 0.15) is 49.3 Å². The van der Waals surface area contributed by atoms with Crippen molar-refractivity contribution in [2.24, 2.45) is 5.92 Å². The van der Waals surface area contributed by atoms with Crippen molar-refractivity contribution in [2.45, 2.75) is 46.9 Å². The van der Waals surface area contributed by atoms with E-state index in [-0.39, 0.29) is 23.9 Å². The van der Waals surface area contributed by atoms with Gasteiger partial charge in [-0.25, -0.2) is 9.78 Å². The van der Waals surface area contributed by atoms with Crippen LogP contribution in [0.5, 0.6) is 0 Å². The van der Waals surface area contributed by atoms with Gasteiger partial charge in [0.15, 0.2) is 0 Å². The molecule has 1 amide bonds. The van der Waals surface area contributed by atoms with Gasteiger partial charge in [-0.15, -0.1) is 0 Å². The quantitative estimate of drug-likeness (QED) is 0.296. The number of esters is 1. The van der Waals surface area contributed by atoms with Gasteiger partial charge >= 0.3 is 5.97 Å². The molecule has 37 heavy (non-hydrogen) atoms. The first-order valence-corrected chi connectivity index (χ1v) is 12.6. The van der Waals surface area contributed by atoms with Crippen molar-refractivity contribution < 1.29 is 14.3 Å². The number of imidazole rings is 1. The lowest BCUT2D eigenvalue weighted by atomic mass is 10.1. The summed E-state index contributed by atoms with van der Waals surface area (Å²) in [6.45, 7) is 8.78. The molecule has 0 saturated heterocycles. The minimum Gasteiger partial charge on any atom is -0.459 e. The highest BCUT2D eigenvalue weighted by Gasteiger charge is 2.19. The van der Waals surface area contributed by atoms with E-state index in [1.54, 1.807) is 12.3 Å². The number of carbonyl (C=O) groups is 2. The maximum atomic E-state index is 12.6. The third-order valence-corrected chi connectivity index (χ3v) is 5.96. The van der Waals surface area contributed by atoms with Crippen LogP contribution in [0.3, 0.4) is 0 Å². The highest BCUT2D eigenvalue weighted by atomic mass is 16.5. The summed E-state index contributed by atoms with van der Waals surface area (Å²) in [5.41, 5.74) is 5.91. The van der Waals surface area contributed by atoms with E-state index in [2.05, 4.69) is 29.4 Å². The average Bonchev–Trinajstić information content (AvgIpc) is 3.22. The largest absolute Gasteiger partial charge is 0.459 e. The van der Waals surface area contributed by atoms with Gasteiger partial charge in [-0.3, -0.25) is 9.69 Å². The molecule has 0 bridgehead atoms. The van der Waals surface area contributed by atoms with E-state index >= 15 is 0 Å². The summed E-state index contributed by atoms with van der Waals surface area (Å²) >= 11 is 0. The predicted octanol–water partition coefficient (Wildman–Crippen LogP) is 5.79. The molecular weight excluding hydrogens is 464 g/mol. The Hall–Kier alpha value is -3.97. The van der Waals surface area contributed by atoms with Crippen molar-refractivity contribution in [3.8, 4) is 11.3 Å². The number of hydrogen-bond donors (Lipinski definition) is 1. The molecule has 0 aliphatic rings. The summed E-state index contributed by atoms with van der Waals surface area (Å²) in [6, 6.07) is 21.6. The lowest BCUT2D eigenvalue weighted by molar-refractivity contribution is -0.118. The molecule has 2 heterocycles. The number of benzene rings is 2. The number of hydrogen-bond acceptors (Lipinski definition) is 5. The Balaban J connectivity index is 1.71. The number of fused-ring (bicyclic) bond motifs is 1. The molecule has 4 aromatic rings. The number of carbonyl (C=O) groups excluding carboxylic acids is 2. The third-order valence-electron chi connectivity index (χ3n) is 5.96. The Bertz CT molecular complexity index is 1380. The zero-order valence-corrected chi connectivity index (χ0v) is 22.1. The van der Waals surface area contributed by atoms with Crippen molar-refractivity contribution in [3.63, 3.8) is 0 Å². The Morgan fingerprint density at radius 3 is 2.30 bits per heavy atom. The topological polar surface area (TPSA) is 75.9 Å². The first kappa shape index (κ1) is 26.1. The molecule has 0 radical (unpaired) electrons. The van der Waals surface area contributed by atoms with E-state index in [1.165, 1.54) is 5.56 Å². The van der Waals surface area contributed by atoms with E-state index in [9.17, 15) is 9.59 Å². The van der Waals surface area contributed by atoms with Gasteiger partial charge < -0.3 is 14.5 Å². The molecule has 1 N–H and O–H groups in total. The zero-order chi connectivity index (χ0) is 26.5. The average molecular weight is 499 g/mol. The van der Waals surface area contributed by atoms with Crippen molar-refractivity contribution in [1.82, 2.24) is 14.3 Å². The fourth-order valence-electron chi connectivity index (χ4n) is 4.08. The molecule has 0 spiro atoms. The van der Waals surface area contributed by atoms with Gasteiger partial charge in [0, 0.05) is 36.5 Å². The lowest BCUT2D eigenvalue weighted by Crippen LogP contribution is -2.19. The Morgan fingerprint density at radius 1 is 0.946 bits per heavy atom. The molecule has 0 aliphatic heterocycles. The molecule has 2 aromatic heterocycles. The van der Waals surface area contributed by atoms with Gasteiger partial charge in [-0.1, -0.05) is 56.3 Å². The highest BCUT2D eigenvalue weighted by molar-refractivity contribution is 5.92. The first-order valence-electron chi connectivity index (χ1n) is 12.6. The number of ether oxygens (including phenoxy) is 1. The monoisotopic (exact) mass is 498 g/mol. The Kier molecular flexibility index (Phi) is 8.04. The summed E-state index contributed by atoms with van der Waals surface area (Å²) in [4.78, 5) is 31.9. The molecule has 2 aromatic carbocycles. The molecule has 7 heteroatoms. The maximum absolute atomic E-state index is 12.6. The van der Waals surface area contributed by atoms with E-state index in [0.717, 1.165) is 34.8 Å². The van der Waals surface area contributed by atoms with Gasteiger partial charge in [-0.05, 0) is 50.7 Å². The number of anilines is 1. The minimum atomic E-state index is -0.360. The summed E-state index contributed by atoms with van der Waals surface area (Å²) in [5, 5.41) is 2.93. The van der Waals surface area contributed by atoms with E-state index in [4.69, 9.17) is 9.72 Å². The van der Waals surface area contributed by atoms with Crippen molar-refractivity contribution in [3.05, 3.63) is 89.7 Å². The normalized spacial score (nSPS) is 11.5. The minimum absolute atomic E-state index is 0.0236. The molecule has 7 nitrogen and oxygen atoms in total. The van der Waals surface area contributed by atoms with Crippen LogP contribution in [0.15, 0.2) is 72.9 Å². The number of pyridine rings is 1. The molecule has 4 rings (SSSR count). The zero-order valence-electron chi connectivity index (χ0n) is 22.1. The van der Waals surface area contributed by atoms with Crippen molar-refractivity contribution >= 4 is 23.2 Å². The second-order valence-corrected chi connectivity index (χ2v) is 9.89. The number of amides is 1. The molecule has 192 valence electrons. The van der Waals surface area contributed by atoms with Crippen molar-refractivity contribution in [2.75, 3.05) is 12.4 Å². The summed E-state index contributed by atoms with van der Waals surface area (Å²) < 4.78 is 7.39. The smallest absolute Gasteiger partial charge is 0.339 e. The SMILES string of the molecule is CC(C)OC(=O)c1ccc2nc(-c3ccc(NC(=O)C(C)C)cc3)c(CN(C)Cc3ccccc3)n2c1. The fourth-order valence-corrected chi connectivity index (χ4v) is 4.08. The molecule has 0 unspecified atom stereocenters. The maximum Gasteiger partial charge on any atom is 0.339 e. The van der Waals surface area contributed by atoms with Gasteiger partial charge in [0.2, 0.25) is 5.91 Å². The fraction of sp³-hybridized carbons (Fsp3) is 0.300. The third kappa shape index (κ3) is 6.43. The van der Waals surface area contributed by atoms with Crippen molar-refractivity contribution in [1.29, 1.82) is 0 Å². The first-order chi connectivity index (χ1) is 17.7. The van der Waals surface area contributed by atoms with Gasteiger partial charge in [0.05, 0.1) is 23.1 Å². The van der Waals surface area contributed by atoms with Crippen LogP contribution >= 0.6 is 0 Å². The summed E-state index contributed by atoms with van der Waals surface area (Å²) in [6.07, 6.45) is 1.60. The van der Waals surface area contributed by atoms with Crippen LogP contribution in [-0.4, -0.2) is 39.3 Å². The van der Waals surface area contributed by atoms with Crippen LogP contribution in [0.2, 0.25) is 0 Å². The number of aromatic nitrogens is 2. The van der Waals surface area contributed by atoms with Gasteiger partial charge in [0.25, 0.3) is 0 Å². The number of nitrogens with one attached hydrogen (secondary N) is 1. The molecule has 0 aliphatic carbocycles. The van der Waals surface area contributed by atoms with Crippen LogP contribution in [0, 0.1) is 5.92 Å². The van der Waals surface area contributed by atoms with Crippen LogP contribution < -0.4 is 5.32 Å². The van der Waals surface area contributed by atoms with Gasteiger partial charge in [-0.2, -0.15) is 0 Å². The number of rotatable bonds is 9. The molecule has 0 atom stereocenters. The van der Waals surface area contributed by atoms with Crippen LogP contribution in [0.4, 0.5) is 5.69 Å². The molecule has 0 fully saturated rings. The Morgan fingerprint density at radius 2 is 1.65 bits per heavy atom.